The van der Waals surface area contributed by atoms with Crippen molar-refractivity contribution >= 4 is 16.2 Å². The lowest BCUT2D eigenvalue weighted by molar-refractivity contribution is 0.111. The third kappa shape index (κ3) is 5.00. The molecule has 1 N–H and O–H groups in total. The van der Waals surface area contributed by atoms with Gasteiger partial charge in [0.05, 0.1) is 0 Å². The lowest BCUT2D eigenvalue weighted by Gasteiger charge is -2.23. The number of anilines is 1. The Kier molecular flexibility index (Phi) is 4.85. The highest BCUT2D eigenvalue weighted by Gasteiger charge is 2.13. The molecule has 0 radical (unpaired) electrons. The average Bonchev–Trinajstić information content (AvgIpc) is 2.26. The van der Waals surface area contributed by atoms with Crippen LogP contribution in [0.3, 0.4) is 0 Å². The smallest absolute Gasteiger partial charge is 0.146 e. The van der Waals surface area contributed by atoms with Crippen molar-refractivity contribution in [1.29, 1.82) is 0 Å². The SMILES string of the molecule is CC(C)(CCCNc1ccccc1)O[SiH3]. The Morgan fingerprint density at radius 2 is 1.93 bits per heavy atom. The summed E-state index contributed by atoms with van der Waals surface area (Å²) >= 11 is 0. The van der Waals surface area contributed by atoms with Crippen molar-refractivity contribution in [1.82, 2.24) is 0 Å². The van der Waals surface area contributed by atoms with E-state index < -0.39 is 0 Å². The number of hydrogen-bond donors (Lipinski definition) is 1. The van der Waals surface area contributed by atoms with Gasteiger partial charge < -0.3 is 9.74 Å². The summed E-state index contributed by atoms with van der Waals surface area (Å²) in [6.07, 6.45) is 2.25. The Bertz CT molecular complexity index is 274. The third-order valence-electron chi connectivity index (χ3n) is 2.61. The highest BCUT2D eigenvalue weighted by molar-refractivity contribution is 5.98. The number of para-hydroxylation sites is 1. The van der Waals surface area contributed by atoms with E-state index in [2.05, 4.69) is 31.3 Å². The summed E-state index contributed by atoms with van der Waals surface area (Å²) in [7, 11) is 0.821. The van der Waals surface area contributed by atoms with E-state index in [9.17, 15) is 0 Å². The minimum atomic E-state index is 0.0601. The normalized spacial score (nSPS) is 11.6. The first-order valence-electron chi connectivity index (χ1n) is 5.48. The van der Waals surface area contributed by atoms with Gasteiger partial charge in [0, 0.05) is 17.8 Å². The molecule has 2 nitrogen and oxygen atoms in total. The second-order valence-corrected chi connectivity index (χ2v) is 4.77. The van der Waals surface area contributed by atoms with Gasteiger partial charge in [-0.25, -0.2) is 0 Å². The summed E-state index contributed by atoms with van der Waals surface area (Å²) in [6, 6.07) is 10.3. The molecule has 84 valence electrons. The molecular weight excluding hydrogens is 202 g/mol. The first kappa shape index (κ1) is 12.3. The fraction of sp³-hybridized carbons (Fsp3) is 0.500. The van der Waals surface area contributed by atoms with Gasteiger partial charge >= 0.3 is 0 Å². The number of nitrogens with one attached hydrogen (secondary N) is 1. The van der Waals surface area contributed by atoms with Crippen LogP contribution in [-0.4, -0.2) is 22.6 Å². The predicted molar refractivity (Wildman–Crippen MR) is 69.3 cm³/mol. The van der Waals surface area contributed by atoms with E-state index in [1.54, 1.807) is 0 Å². The Morgan fingerprint density at radius 3 is 2.53 bits per heavy atom. The zero-order chi connectivity index (χ0) is 11.1. The molecule has 0 heterocycles. The molecule has 3 heteroatoms. The third-order valence-corrected chi connectivity index (χ3v) is 3.72. The highest BCUT2D eigenvalue weighted by Crippen LogP contribution is 2.15. The largest absolute Gasteiger partial charge is 0.423 e. The van der Waals surface area contributed by atoms with Crippen molar-refractivity contribution in [3.05, 3.63) is 30.3 Å². The summed E-state index contributed by atoms with van der Waals surface area (Å²) < 4.78 is 5.50. The predicted octanol–water partition coefficient (Wildman–Crippen LogP) is 1.95. The van der Waals surface area contributed by atoms with Gasteiger partial charge in [0.15, 0.2) is 0 Å². The molecule has 15 heavy (non-hydrogen) atoms. The molecule has 0 amide bonds. The second kappa shape index (κ2) is 5.93. The first-order valence-corrected chi connectivity index (χ1v) is 6.30. The van der Waals surface area contributed by atoms with Gasteiger partial charge in [0.25, 0.3) is 0 Å². The number of hydrogen-bond acceptors (Lipinski definition) is 2. The zero-order valence-electron chi connectivity index (χ0n) is 9.92. The van der Waals surface area contributed by atoms with E-state index in [4.69, 9.17) is 4.43 Å². The summed E-state index contributed by atoms with van der Waals surface area (Å²) in [5, 5.41) is 3.40. The topological polar surface area (TPSA) is 21.3 Å². The maximum absolute atomic E-state index is 5.50. The van der Waals surface area contributed by atoms with Crippen molar-refractivity contribution in [3.8, 4) is 0 Å². The van der Waals surface area contributed by atoms with Gasteiger partial charge in [-0.2, -0.15) is 0 Å². The molecule has 0 bridgehead atoms. The molecule has 0 unspecified atom stereocenters. The molecule has 1 aromatic carbocycles. The molecular formula is C12H21NOSi. The van der Waals surface area contributed by atoms with Crippen LogP contribution < -0.4 is 5.32 Å². The van der Waals surface area contributed by atoms with E-state index in [1.165, 1.54) is 5.69 Å². The molecule has 0 aliphatic carbocycles. The maximum Gasteiger partial charge on any atom is 0.146 e. The molecule has 0 aliphatic heterocycles. The summed E-state index contributed by atoms with van der Waals surface area (Å²) in [4.78, 5) is 0. The molecule has 1 rings (SSSR count). The van der Waals surface area contributed by atoms with Crippen molar-refractivity contribution < 1.29 is 4.43 Å². The first-order chi connectivity index (χ1) is 7.14. The van der Waals surface area contributed by atoms with Gasteiger partial charge in [-0.1, -0.05) is 18.2 Å². The van der Waals surface area contributed by atoms with Crippen LogP contribution in [-0.2, 0) is 4.43 Å². The van der Waals surface area contributed by atoms with Crippen LogP contribution in [0, 0.1) is 0 Å². The van der Waals surface area contributed by atoms with E-state index >= 15 is 0 Å². The highest BCUT2D eigenvalue weighted by atomic mass is 28.2. The van der Waals surface area contributed by atoms with E-state index in [1.807, 2.05) is 18.2 Å². The second-order valence-electron chi connectivity index (χ2n) is 4.36. The molecule has 0 spiro atoms. The monoisotopic (exact) mass is 223 g/mol. The van der Waals surface area contributed by atoms with Gasteiger partial charge in [0.2, 0.25) is 0 Å². The van der Waals surface area contributed by atoms with Crippen molar-refractivity contribution in [2.24, 2.45) is 0 Å². The minimum Gasteiger partial charge on any atom is -0.423 e. The zero-order valence-corrected chi connectivity index (χ0v) is 11.9. The van der Waals surface area contributed by atoms with E-state index in [-0.39, 0.29) is 5.60 Å². The quantitative estimate of drug-likeness (QED) is 0.588. The fourth-order valence-corrected chi connectivity index (χ4v) is 1.61. The lowest BCUT2D eigenvalue weighted by Crippen LogP contribution is -2.23. The van der Waals surface area contributed by atoms with E-state index in [0.717, 1.165) is 29.9 Å². The molecule has 0 atom stereocenters. The Morgan fingerprint density at radius 1 is 1.27 bits per heavy atom. The van der Waals surface area contributed by atoms with Crippen LogP contribution >= 0.6 is 0 Å². The van der Waals surface area contributed by atoms with E-state index in [0.29, 0.717) is 0 Å². The standard InChI is InChI=1S/C12H21NOSi/c1-12(2,14-15)9-6-10-13-11-7-4-3-5-8-11/h3-5,7-8,13H,6,9-10H2,1-2,15H3. The van der Waals surface area contributed by atoms with Gasteiger partial charge in [0.1, 0.15) is 10.5 Å². The number of benzene rings is 1. The minimum absolute atomic E-state index is 0.0601. The van der Waals surface area contributed by atoms with Crippen LogP contribution in [0.5, 0.6) is 0 Å². The van der Waals surface area contributed by atoms with Crippen LogP contribution in [0.4, 0.5) is 5.69 Å². The van der Waals surface area contributed by atoms with Crippen LogP contribution in [0.2, 0.25) is 0 Å². The molecule has 0 saturated carbocycles. The van der Waals surface area contributed by atoms with Crippen molar-refractivity contribution in [2.75, 3.05) is 11.9 Å². The van der Waals surface area contributed by atoms with Crippen LogP contribution in [0.15, 0.2) is 30.3 Å². The molecule has 0 saturated heterocycles. The number of rotatable bonds is 6. The fourth-order valence-electron chi connectivity index (χ4n) is 1.40. The van der Waals surface area contributed by atoms with Crippen LogP contribution in [0.25, 0.3) is 0 Å². The van der Waals surface area contributed by atoms with Crippen LogP contribution in [0.1, 0.15) is 26.7 Å². The van der Waals surface area contributed by atoms with Gasteiger partial charge in [-0.05, 0) is 38.8 Å². The molecule has 0 fully saturated rings. The Hall–Kier alpha value is -0.803. The summed E-state index contributed by atoms with van der Waals surface area (Å²) in [5.41, 5.74) is 1.26. The summed E-state index contributed by atoms with van der Waals surface area (Å²) in [5.74, 6) is 0. The van der Waals surface area contributed by atoms with Crippen molar-refractivity contribution in [3.63, 3.8) is 0 Å². The Balaban J connectivity index is 2.18. The lowest BCUT2D eigenvalue weighted by atomic mass is 10.0. The van der Waals surface area contributed by atoms with Gasteiger partial charge in [-0.3, -0.25) is 0 Å². The molecule has 0 aliphatic rings. The average molecular weight is 223 g/mol. The van der Waals surface area contributed by atoms with Crippen molar-refractivity contribution in [2.45, 2.75) is 32.3 Å². The summed E-state index contributed by atoms with van der Waals surface area (Å²) in [6.45, 7) is 5.32. The maximum atomic E-state index is 5.50. The molecule has 0 aromatic heterocycles. The Labute approximate surface area is 95.6 Å². The molecule has 1 aromatic rings. The van der Waals surface area contributed by atoms with Gasteiger partial charge in [-0.15, -0.1) is 0 Å².